The van der Waals surface area contributed by atoms with Crippen molar-refractivity contribution in [2.24, 2.45) is 50.7 Å². The van der Waals surface area contributed by atoms with Crippen LogP contribution in [0.25, 0.3) is 0 Å². The number of aliphatic hydroxyl groups excluding tert-OH is 4. The smallest absolute Gasteiger partial charge is 0.186 e. The monoisotopic (exact) mass is 606 g/mol. The molecule has 5 N–H and O–H groups in total. The fourth-order valence-electron chi connectivity index (χ4n) is 13.3. The van der Waals surface area contributed by atoms with Gasteiger partial charge in [0.15, 0.2) is 6.29 Å². The molecule has 5 saturated carbocycles. The predicted molar refractivity (Wildman–Crippen MR) is 160 cm³/mol. The summed E-state index contributed by atoms with van der Waals surface area (Å²) in [7, 11) is 0. The van der Waals surface area contributed by atoms with E-state index >= 15 is 0 Å². The quantitative estimate of drug-likeness (QED) is 0.306. The minimum atomic E-state index is -1.31. The van der Waals surface area contributed by atoms with E-state index in [4.69, 9.17) is 14.2 Å². The van der Waals surface area contributed by atoms with Crippen molar-refractivity contribution >= 4 is 0 Å². The van der Waals surface area contributed by atoms with E-state index in [1.165, 1.54) is 25.7 Å². The Hall–Kier alpha value is -0.320. The first-order valence-corrected chi connectivity index (χ1v) is 17.2. The van der Waals surface area contributed by atoms with Gasteiger partial charge in [0.1, 0.15) is 18.3 Å². The molecule has 0 aromatic carbocycles. The number of fused-ring (bicyclic) bond motifs is 2. The molecule has 0 aromatic heterocycles. The van der Waals surface area contributed by atoms with Crippen molar-refractivity contribution in [1.82, 2.24) is 0 Å². The number of hydrogen-bond donors (Lipinski definition) is 5. The Balaban J connectivity index is 1.14. The first-order valence-electron chi connectivity index (χ1n) is 17.2. The fraction of sp³-hybridized carbons (Fsp3) is 1.00. The van der Waals surface area contributed by atoms with Crippen molar-refractivity contribution in [2.75, 3.05) is 13.2 Å². The van der Waals surface area contributed by atoms with Crippen LogP contribution >= 0.6 is 0 Å². The van der Waals surface area contributed by atoms with Gasteiger partial charge in [-0.05, 0) is 123 Å². The summed E-state index contributed by atoms with van der Waals surface area (Å²) in [5, 5.41) is 53.7. The SMILES string of the molecule is CC(C)(O)C1COC(C)(C2CCC3(C)C4CC(O)C5C(C)(C)C(OC6OCC(O)C(O)C6O)CCC56CC46CCC23C)C1. The zero-order chi connectivity index (χ0) is 31.2. The van der Waals surface area contributed by atoms with Crippen LogP contribution in [0.1, 0.15) is 106 Å². The van der Waals surface area contributed by atoms with Crippen LogP contribution in [0.5, 0.6) is 0 Å². The summed E-state index contributed by atoms with van der Waals surface area (Å²) < 4.78 is 18.7. The fourth-order valence-corrected chi connectivity index (χ4v) is 13.3. The number of rotatable bonds is 4. The van der Waals surface area contributed by atoms with Crippen molar-refractivity contribution in [1.29, 1.82) is 0 Å². The summed E-state index contributed by atoms with van der Waals surface area (Å²) in [5.74, 6) is 1.16. The lowest BCUT2D eigenvalue weighted by atomic mass is 9.41. The standard InChI is InChI=1S/C35H58O8/c1-29(2)24(43-28-26(39)25(38)21(37)17-41-28)9-11-35-18-34(35)13-12-32(6)22(33(7)15-19(16-42-33)30(3,4)40)8-10-31(32,5)23(34)14-20(36)27(29)35/h19-28,36-40H,8-18H2,1-7H3. The highest BCUT2D eigenvalue weighted by Crippen LogP contribution is 2.89. The first-order chi connectivity index (χ1) is 19.9. The second kappa shape index (κ2) is 9.40. The minimum Gasteiger partial charge on any atom is -0.393 e. The van der Waals surface area contributed by atoms with Crippen LogP contribution in [-0.2, 0) is 14.2 Å². The number of aliphatic hydroxyl groups is 5. The average molecular weight is 607 g/mol. The van der Waals surface area contributed by atoms with Gasteiger partial charge in [0.05, 0.1) is 36.6 Å². The lowest BCUT2D eigenvalue weighted by molar-refractivity contribution is -0.306. The van der Waals surface area contributed by atoms with Crippen LogP contribution in [-0.4, -0.2) is 86.8 Å². The van der Waals surface area contributed by atoms with Gasteiger partial charge in [0, 0.05) is 5.92 Å². The van der Waals surface area contributed by atoms with Crippen LogP contribution in [0.2, 0.25) is 0 Å². The topological polar surface area (TPSA) is 129 Å². The van der Waals surface area contributed by atoms with Crippen LogP contribution in [0, 0.1) is 50.7 Å². The van der Waals surface area contributed by atoms with Crippen LogP contribution in [0.4, 0.5) is 0 Å². The van der Waals surface area contributed by atoms with Gasteiger partial charge < -0.3 is 39.7 Å². The zero-order valence-electron chi connectivity index (χ0n) is 27.5. The summed E-state index contributed by atoms with van der Waals surface area (Å²) in [6.07, 6.45) is 4.06. The maximum atomic E-state index is 12.1. The molecule has 0 radical (unpaired) electrons. The lowest BCUT2D eigenvalue weighted by Crippen LogP contribution is -2.63. The third-order valence-corrected chi connectivity index (χ3v) is 15.7. The highest BCUT2D eigenvalue weighted by atomic mass is 16.7. The molecule has 2 spiro atoms. The Kier molecular flexibility index (Phi) is 6.84. The van der Waals surface area contributed by atoms with Crippen molar-refractivity contribution < 1.29 is 39.7 Å². The molecule has 0 bridgehead atoms. The Morgan fingerprint density at radius 1 is 0.767 bits per heavy atom. The van der Waals surface area contributed by atoms with E-state index in [0.717, 1.165) is 32.1 Å². The minimum absolute atomic E-state index is 0.0718. The summed E-state index contributed by atoms with van der Waals surface area (Å²) in [4.78, 5) is 0. The van der Waals surface area contributed by atoms with Crippen LogP contribution in [0.3, 0.4) is 0 Å². The Bertz CT molecular complexity index is 1120. The molecular formula is C35H58O8. The molecule has 7 rings (SSSR count). The molecule has 43 heavy (non-hydrogen) atoms. The van der Waals surface area contributed by atoms with Gasteiger partial charge in [-0.3, -0.25) is 0 Å². The summed E-state index contributed by atoms with van der Waals surface area (Å²) >= 11 is 0. The first kappa shape index (κ1) is 31.3. The summed E-state index contributed by atoms with van der Waals surface area (Å²) in [5.41, 5.74) is -0.715. The van der Waals surface area contributed by atoms with E-state index < -0.39 is 36.3 Å². The number of ether oxygens (including phenoxy) is 3. The average Bonchev–Trinajstić information content (AvgIpc) is 3.20. The van der Waals surface area contributed by atoms with Gasteiger partial charge in [0.25, 0.3) is 0 Å². The Labute approximate surface area is 257 Å². The molecule has 246 valence electrons. The highest BCUT2D eigenvalue weighted by molar-refractivity contribution is 5.32. The van der Waals surface area contributed by atoms with E-state index in [1.807, 2.05) is 13.8 Å². The van der Waals surface area contributed by atoms with Crippen molar-refractivity contribution in [2.45, 2.75) is 154 Å². The molecule has 8 heteroatoms. The van der Waals surface area contributed by atoms with Gasteiger partial charge >= 0.3 is 0 Å². The highest BCUT2D eigenvalue weighted by Gasteiger charge is 2.84. The molecule has 7 aliphatic rings. The Morgan fingerprint density at radius 2 is 1.47 bits per heavy atom. The maximum absolute atomic E-state index is 12.1. The molecular weight excluding hydrogens is 548 g/mol. The summed E-state index contributed by atoms with van der Waals surface area (Å²) in [6.45, 7) is 16.2. The van der Waals surface area contributed by atoms with E-state index in [2.05, 4.69) is 34.6 Å². The molecule has 0 amide bonds. The maximum Gasteiger partial charge on any atom is 0.186 e. The van der Waals surface area contributed by atoms with Crippen molar-refractivity contribution in [3.8, 4) is 0 Å². The largest absolute Gasteiger partial charge is 0.393 e. The van der Waals surface area contributed by atoms with E-state index in [9.17, 15) is 25.5 Å². The normalized spacial score (nSPS) is 59.2. The van der Waals surface area contributed by atoms with E-state index in [-0.39, 0.29) is 57.2 Å². The molecule has 15 atom stereocenters. The van der Waals surface area contributed by atoms with Crippen LogP contribution in [0.15, 0.2) is 0 Å². The third-order valence-electron chi connectivity index (χ3n) is 15.7. The predicted octanol–water partition coefficient (Wildman–Crippen LogP) is 3.79. The van der Waals surface area contributed by atoms with Gasteiger partial charge in [-0.1, -0.05) is 27.7 Å². The second-order valence-corrected chi connectivity index (χ2v) is 18.2. The van der Waals surface area contributed by atoms with Crippen molar-refractivity contribution in [3.63, 3.8) is 0 Å². The molecule has 7 fully saturated rings. The molecule has 5 aliphatic carbocycles. The van der Waals surface area contributed by atoms with E-state index in [1.54, 1.807) is 0 Å². The molecule has 15 unspecified atom stereocenters. The Morgan fingerprint density at radius 3 is 2.14 bits per heavy atom. The zero-order valence-corrected chi connectivity index (χ0v) is 27.5. The summed E-state index contributed by atoms with van der Waals surface area (Å²) in [6, 6.07) is 0. The van der Waals surface area contributed by atoms with E-state index in [0.29, 0.717) is 18.4 Å². The molecule has 2 saturated heterocycles. The van der Waals surface area contributed by atoms with Gasteiger partial charge in [-0.2, -0.15) is 0 Å². The van der Waals surface area contributed by atoms with Gasteiger partial charge in [-0.25, -0.2) is 0 Å². The number of hydrogen-bond acceptors (Lipinski definition) is 8. The lowest BCUT2D eigenvalue weighted by Gasteiger charge is -2.65. The van der Waals surface area contributed by atoms with Gasteiger partial charge in [-0.15, -0.1) is 0 Å². The molecule has 8 nitrogen and oxygen atoms in total. The molecule has 0 aromatic rings. The third kappa shape index (κ3) is 3.96. The van der Waals surface area contributed by atoms with Crippen LogP contribution < -0.4 is 0 Å². The van der Waals surface area contributed by atoms with Crippen molar-refractivity contribution in [3.05, 3.63) is 0 Å². The molecule has 2 aliphatic heterocycles. The molecule has 2 heterocycles. The van der Waals surface area contributed by atoms with Gasteiger partial charge in [0.2, 0.25) is 0 Å². The second-order valence-electron chi connectivity index (χ2n) is 18.2.